The molecule has 0 spiro atoms. The number of ether oxygens (including phenoxy) is 1. The van der Waals surface area contributed by atoms with Crippen LogP contribution >= 0.6 is 11.8 Å². The van der Waals surface area contributed by atoms with Crippen LogP contribution in [0.25, 0.3) is 0 Å². The fraction of sp³-hybridized carbons (Fsp3) is 0.333. The molecule has 0 fully saturated rings. The first kappa shape index (κ1) is 21.5. The van der Waals surface area contributed by atoms with Gasteiger partial charge in [0.1, 0.15) is 11.1 Å². The van der Waals surface area contributed by atoms with E-state index in [4.69, 9.17) is 4.74 Å². The van der Waals surface area contributed by atoms with Gasteiger partial charge in [-0.05, 0) is 39.3 Å². The molecule has 1 aromatic heterocycles. The number of pyridine rings is 1. The minimum atomic E-state index is -0.510. The lowest BCUT2D eigenvalue weighted by molar-refractivity contribution is -0.120. The third-order valence-corrected chi connectivity index (χ3v) is 5.14. The van der Waals surface area contributed by atoms with E-state index >= 15 is 0 Å². The maximum Gasteiger partial charge on any atom is 0.340 e. The number of nitrogens with zero attached hydrogens (tertiary/aromatic N) is 2. The molecular weight excluding hydrogens is 374 g/mol. The molecule has 1 aromatic carbocycles. The predicted molar refractivity (Wildman–Crippen MR) is 108 cm³/mol. The van der Waals surface area contributed by atoms with Gasteiger partial charge >= 0.3 is 5.97 Å². The average Bonchev–Trinajstić information content (AvgIpc) is 2.67. The lowest BCUT2D eigenvalue weighted by Crippen LogP contribution is -2.30. The molecule has 0 radical (unpaired) electrons. The molecule has 1 N–H and O–H groups in total. The SMILES string of the molecule is CCOC(=O)c1cc(C#N)c(S[C@H](C)C(=O)NCc2ccc(C)cc2)nc1C. The lowest BCUT2D eigenvalue weighted by atomic mass is 10.1. The van der Waals surface area contributed by atoms with Crippen LogP contribution in [-0.4, -0.2) is 28.7 Å². The van der Waals surface area contributed by atoms with E-state index < -0.39 is 11.2 Å². The molecule has 7 heteroatoms. The zero-order valence-electron chi connectivity index (χ0n) is 16.4. The molecular formula is C21H23N3O3S. The number of hydrogen-bond acceptors (Lipinski definition) is 6. The van der Waals surface area contributed by atoms with Gasteiger partial charge in [0.2, 0.25) is 5.91 Å². The number of thioether (sulfide) groups is 1. The van der Waals surface area contributed by atoms with Gasteiger partial charge in [-0.2, -0.15) is 5.26 Å². The fourth-order valence-corrected chi connectivity index (χ4v) is 3.37. The molecule has 1 atom stereocenters. The second kappa shape index (κ2) is 9.90. The van der Waals surface area contributed by atoms with Crippen molar-refractivity contribution in [2.45, 2.75) is 44.5 Å². The molecule has 146 valence electrons. The van der Waals surface area contributed by atoms with Crippen molar-refractivity contribution in [2.24, 2.45) is 0 Å². The van der Waals surface area contributed by atoms with E-state index in [2.05, 4.69) is 10.3 Å². The number of carbonyl (C=O) groups excluding carboxylic acids is 2. The largest absolute Gasteiger partial charge is 0.462 e. The van der Waals surface area contributed by atoms with Gasteiger partial charge in [-0.15, -0.1) is 0 Å². The van der Waals surface area contributed by atoms with Gasteiger partial charge in [-0.3, -0.25) is 4.79 Å². The molecule has 28 heavy (non-hydrogen) atoms. The van der Waals surface area contributed by atoms with Crippen LogP contribution in [0.2, 0.25) is 0 Å². The van der Waals surface area contributed by atoms with Gasteiger partial charge < -0.3 is 10.1 Å². The number of aryl methyl sites for hydroxylation is 2. The highest BCUT2D eigenvalue weighted by atomic mass is 32.2. The Morgan fingerprint density at radius 3 is 2.57 bits per heavy atom. The number of benzene rings is 1. The van der Waals surface area contributed by atoms with Crippen molar-refractivity contribution in [3.63, 3.8) is 0 Å². The number of carbonyl (C=O) groups is 2. The number of aromatic nitrogens is 1. The average molecular weight is 398 g/mol. The van der Waals surface area contributed by atoms with Crippen molar-refractivity contribution in [1.82, 2.24) is 10.3 Å². The normalized spacial score (nSPS) is 11.4. The number of esters is 1. The maximum atomic E-state index is 12.4. The summed E-state index contributed by atoms with van der Waals surface area (Å²) >= 11 is 1.19. The van der Waals surface area contributed by atoms with E-state index in [0.29, 0.717) is 17.3 Å². The van der Waals surface area contributed by atoms with Gasteiger partial charge in [0.15, 0.2) is 0 Å². The molecule has 0 unspecified atom stereocenters. The predicted octanol–water partition coefficient (Wildman–Crippen LogP) is 3.54. The van der Waals surface area contributed by atoms with Crippen LogP contribution < -0.4 is 5.32 Å². The van der Waals surface area contributed by atoms with Gasteiger partial charge in [-0.1, -0.05) is 41.6 Å². The Labute approximate surface area is 169 Å². The molecule has 1 heterocycles. The number of nitriles is 1. The van der Waals surface area contributed by atoms with E-state index in [-0.39, 0.29) is 23.6 Å². The summed E-state index contributed by atoms with van der Waals surface area (Å²) in [5.41, 5.74) is 3.15. The van der Waals surface area contributed by atoms with Crippen molar-refractivity contribution in [1.29, 1.82) is 5.26 Å². The van der Waals surface area contributed by atoms with Crippen molar-refractivity contribution in [3.05, 3.63) is 58.3 Å². The molecule has 0 saturated heterocycles. The van der Waals surface area contributed by atoms with Crippen molar-refractivity contribution in [2.75, 3.05) is 6.61 Å². The summed E-state index contributed by atoms with van der Waals surface area (Å²) in [6, 6.07) is 11.5. The molecule has 1 amide bonds. The van der Waals surface area contributed by atoms with Crippen molar-refractivity contribution < 1.29 is 14.3 Å². The molecule has 0 aliphatic rings. The number of rotatable bonds is 7. The molecule has 0 aliphatic carbocycles. The summed E-state index contributed by atoms with van der Waals surface area (Å²) in [5.74, 6) is -0.659. The smallest absolute Gasteiger partial charge is 0.340 e. The topological polar surface area (TPSA) is 92.1 Å². The summed E-state index contributed by atoms with van der Waals surface area (Å²) in [4.78, 5) is 28.7. The summed E-state index contributed by atoms with van der Waals surface area (Å²) in [5, 5.41) is 12.3. The Morgan fingerprint density at radius 2 is 1.96 bits per heavy atom. The Morgan fingerprint density at radius 1 is 1.29 bits per heavy atom. The van der Waals surface area contributed by atoms with E-state index in [0.717, 1.165) is 11.1 Å². The molecule has 0 aliphatic heterocycles. The number of hydrogen-bond donors (Lipinski definition) is 1. The van der Waals surface area contributed by atoms with E-state index in [1.807, 2.05) is 37.3 Å². The minimum Gasteiger partial charge on any atom is -0.462 e. The summed E-state index contributed by atoms with van der Waals surface area (Å²) in [6.07, 6.45) is 0. The van der Waals surface area contributed by atoms with Crippen LogP contribution in [0, 0.1) is 25.2 Å². The van der Waals surface area contributed by atoms with Crippen LogP contribution in [0.5, 0.6) is 0 Å². The highest BCUT2D eigenvalue weighted by molar-refractivity contribution is 8.00. The highest BCUT2D eigenvalue weighted by Gasteiger charge is 2.20. The molecule has 2 rings (SSSR count). The molecule has 0 bridgehead atoms. The second-order valence-corrected chi connectivity index (χ2v) is 7.60. The van der Waals surface area contributed by atoms with Crippen LogP contribution in [-0.2, 0) is 16.1 Å². The van der Waals surface area contributed by atoms with Crippen molar-refractivity contribution >= 4 is 23.6 Å². The van der Waals surface area contributed by atoms with E-state index in [1.54, 1.807) is 20.8 Å². The van der Waals surface area contributed by atoms with Gasteiger partial charge in [0.25, 0.3) is 0 Å². The first-order valence-electron chi connectivity index (χ1n) is 8.94. The zero-order valence-corrected chi connectivity index (χ0v) is 17.2. The minimum absolute atomic E-state index is 0.150. The van der Waals surface area contributed by atoms with Gasteiger partial charge in [-0.25, -0.2) is 9.78 Å². The van der Waals surface area contributed by atoms with Crippen molar-refractivity contribution in [3.8, 4) is 6.07 Å². The zero-order chi connectivity index (χ0) is 20.7. The Hall–Kier alpha value is -2.85. The first-order valence-corrected chi connectivity index (χ1v) is 9.82. The van der Waals surface area contributed by atoms with Crippen LogP contribution in [0.1, 0.15) is 46.6 Å². The third-order valence-electron chi connectivity index (χ3n) is 4.04. The Bertz CT molecular complexity index is 904. The second-order valence-electron chi connectivity index (χ2n) is 6.27. The molecule has 2 aromatic rings. The van der Waals surface area contributed by atoms with E-state index in [9.17, 15) is 14.9 Å². The Kier molecular flexibility index (Phi) is 7.59. The first-order chi connectivity index (χ1) is 13.3. The third kappa shape index (κ3) is 5.57. The number of amides is 1. The standard InChI is InChI=1S/C21H23N3O3S/c1-5-27-21(26)18-10-17(11-22)20(24-14(18)3)28-15(4)19(25)23-12-16-8-6-13(2)7-9-16/h6-10,15H,5,12H2,1-4H3,(H,23,25)/t15-/m1/s1. The van der Waals surface area contributed by atoms with Gasteiger partial charge in [0, 0.05) is 6.54 Å². The summed E-state index contributed by atoms with van der Waals surface area (Å²) in [7, 11) is 0. The molecule has 6 nitrogen and oxygen atoms in total. The lowest BCUT2D eigenvalue weighted by Gasteiger charge is -2.14. The van der Waals surface area contributed by atoms with Gasteiger partial charge in [0.05, 0.1) is 28.7 Å². The number of nitrogens with one attached hydrogen (secondary N) is 1. The van der Waals surface area contributed by atoms with Crippen LogP contribution in [0.4, 0.5) is 0 Å². The monoisotopic (exact) mass is 397 g/mol. The molecule has 0 saturated carbocycles. The van der Waals surface area contributed by atoms with Crippen LogP contribution in [0.15, 0.2) is 35.4 Å². The summed E-state index contributed by atoms with van der Waals surface area (Å²) in [6.45, 7) is 7.84. The summed E-state index contributed by atoms with van der Waals surface area (Å²) < 4.78 is 4.99. The highest BCUT2D eigenvalue weighted by Crippen LogP contribution is 2.27. The Balaban J connectivity index is 2.07. The van der Waals surface area contributed by atoms with E-state index in [1.165, 1.54) is 17.8 Å². The van der Waals surface area contributed by atoms with Crippen LogP contribution in [0.3, 0.4) is 0 Å². The quantitative estimate of drug-likeness (QED) is 0.567. The fourth-order valence-electron chi connectivity index (χ4n) is 2.43. The maximum absolute atomic E-state index is 12.4.